The number of anilines is 1. The molecule has 0 atom stereocenters. The lowest BCUT2D eigenvalue weighted by Crippen LogP contribution is -2.37. The van der Waals surface area contributed by atoms with Crippen LogP contribution in [0.15, 0.2) is 27.8 Å². The van der Waals surface area contributed by atoms with Gasteiger partial charge in [-0.25, -0.2) is 5.10 Å². The first-order valence-electron chi connectivity index (χ1n) is 7.00. The van der Waals surface area contributed by atoms with Crippen LogP contribution in [0.5, 0.6) is 0 Å². The number of fused-ring (bicyclic) bond motifs is 1. The number of nitrogens with one attached hydrogen (secondary N) is 2. The van der Waals surface area contributed by atoms with Crippen LogP contribution in [-0.4, -0.2) is 50.1 Å². The van der Waals surface area contributed by atoms with Gasteiger partial charge in [0.15, 0.2) is 0 Å². The van der Waals surface area contributed by atoms with Crippen molar-refractivity contribution in [3.05, 3.63) is 33.8 Å². The van der Waals surface area contributed by atoms with E-state index in [0.29, 0.717) is 9.63 Å². The minimum absolute atomic E-state index is 0.176. The zero-order valence-electron chi connectivity index (χ0n) is 12.5. The Labute approximate surface area is 149 Å². The van der Waals surface area contributed by atoms with E-state index in [1.54, 1.807) is 18.2 Å². The molecule has 3 rings (SSSR count). The van der Waals surface area contributed by atoms with Crippen molar-refractivity contribution in [3.63, 3.8) is 0 Å². The van der Waals surface area contributed by atoms with Crippen LogP contribution in [0.2, 0.25) is 0 Å². The number of carbonyl (C=O) groups excluding carboxylic acids is 3. The van der Waals surface area contributed by atoms with Crippen molar-refractivity contribution in [2.45, 2.75) is 12.1 Å². The number of halogens is 1. The summed E-state index contributed by atoms with van der Waals surface area (Å²) in [5.74, 6) is -0.540. The van der Waals surface area contributed by atoms with Gasteiger partial charge in [-0.1, -0.05) is 34.6 Å². The third kappa shape index (κ3) is 3.20. The second-order valence-corrected chi connectivity index (χ2v) is 6.98. The van der Waals surface area contributed by atoms with Gasteiger partial charge in [0, 0.05) is 4.47 Å². The lowest BCUT2D eigenvalue weighted by molar-refractivity contribution is -0.116. The summed E-state index contributed by atoms with van der Waals surface area (Å²) in [4.78, 5) is 41.6. The van der Waals surface area contributed by atoms with Crippen molar-refractivity contribution in [2.75, 3.05) is 17.6 Å². The molecule has 0 spiro atoms. The van der Waals surface area contributed by atoms with Crippen LogP contribution in [0.3, 0.4) is 0 Å². The highest BCUT2D eigenvalue weighted by molar-refractivity contribution is 9.10. The zero-order valence-corrected chi connectivity index (χ0v) is 14.9. The van der Waals surface area contributed by atoms with E-state index in [4.69, 9.17) is 0 Å². The van der Waals surface area contributed by atoms with E-state index in [1.807, 2.05) is 6.92 Å². The van der Waals surface area contributed by atoms with Gasteiger partial charge in [-0.2, -0.15) is 4.98 Å². The molecular formula is C14H12BrN5O3S. The highest BCUT2D eigenvalue weighted by Gasteiger charge is 2.36. The maximum Gasteiger partial charge on any atom is 0.262 e. The quantitative estimate of drug-likeness (QED) is 0.576. The number of nitrogens with zero attached hydrogens (tertiary/aromatic N) is 3. The van der Waals surface area contributed by atoms with Crippen LogP contribution < -0.4 is 5.32 Å². The van der Waals surface area contributed by atoms with Crippen LogP contribution in [0, 0.1) is 0 Å². The van der Waals surface area contributed by atoms with E-state index in [9.17, 15) is 14.4 Å². The average Bonchev–Trinajstić information content (AvgIpc) is 3.06. The number of carbonyl (C=O) groups is 3. The number of rotatable bonds is 5. The molecule has 2 aromatic rings. The second-order valence-electron chi connectivity index (χ2n) is 4.83. The molecule has 0 aliphatic carbocycles. The Balaban J connectivity index is 1.68. The van der Waals surface area contributed by atoms with Crippen molar-refractivity contribution >= 4 is 51.4 Å². The van der Waals surface area contributed by atoms with Crippen LogP contribution in [-0.2, 0) is 4.79 Å². The number of aromatic amines is 1. The van der Waals surface area contributed by atoms with E-state index in [-0.39, 0.29) is 23.6 Å². The number of aromatic nitrogens is 3. The molecule has 1 aliphatic heterocycles. The molecular weight excluding hydrogens is 398 g/mol. The summed E-state index contributed by atoms with van der Waals surface area (Å²) in [6, 6.07) is 4.80. The highest BCUT2D eigenvalue weighted by Crippen LogP contribution is 2.25. The molecule has 0 unspecified atom stereocenters. The molecule has 0 radical (unpaired) electrons. The largest absolute Gasteiger partial charge is 0.293 e. The Kier molecular flexibility index (Phi) is 4.67. The summed E-state index contributed by atoms with van der Waals surface area (Å²) in [5.41, 5.74) is 0.570. The SMILES string of the molecule is CCSc1n[nH]c(NC(=O)CN2C(=O)c3ccc(Br)cc3C2=O)n1. The van der Waals surface area contributed by atoms with Crippen LogP contribution in [0.4, 0.5) is 5.95 Å². The molecule has 2 N–H and O–H groups in total. The molecule has 1 aromatic carbocycles. The Morgan fingerprint density at radius 1 is 1.33 bits per heavy atom. The van der Waals surface area contributed by atoms with Crippen molar-refractivity contribution in [1.82, 2.24) is 20.1 Å². The maximum absolute atomic E-state index is 12.3. The molecule has 0 bridgehead atoms. The second kappa shape index (κ2) is 6.73. The lowest BCUT2D eigenvalue weighted by atomic mass is 10.1. The zero-order chi connectivity index (χ0) is 17.3. The summed E-state index contributed by atoms with van der Waals surface area (Å²) in [6.45, 7) is 1.57. The summed E-state index contributed by atoms with van der Waals surface area (Å²) in [6.07, 6.45) is 0. The van der Waals surface area contributed by atoms with E-state index < -0.39 is 17.7 Å². The summed E-state index contributed by atoms with van der Waals surface area (Å²) in [5, 5.41) is 9.51. The van der Waals surface area contributed by atoms with Crippen molar-refractivity contribution in [2.24, 2.45) is 0 Å². The highest BCUT2D eigenvalue weighted by atomic mass is 79.9. The minimum atomic E-state index is -0.534. The normalized spacial score (nSPS) is 13.3. The molecule has 3 amide bonds. The van der Waals surface area contributed by atoms with Crippen molar-refractivity contribution in [3.8, 4) is 0 Å². The fourth-order valence-electron chi connectivity index (χ4n) is 2.22. The summed E-state index contributed by atoms with van der Waals surface area (Å²) in [7, 11) is 0. The number of amides is 3. The first-order chi connectivity index (χ1) is 11.5. The van der Waals surface area contributed by atoms with Gasteiger partial charge in [0.2, 0.25) is 17.0 Å². The Morgan fingerprint density at radius 2 is 2.08 bits per heavy atom. The molecule has 24 heavy (non-hydrogen) atoms. The molecule has 8 nitrogen and oxygen atoms in total. The first-order valence-corrected chi connectivity index (χ1v) is 8.78. The van der Waals surface area contributed by atoms with Crippen LogP contribution in [0.25, 0.3) is 0 Å². The molecule has 1 aliphatic rings. The minimum Gasteiger partial charge on any atom is -0.293 e. The number of thioether (sulfide) groups is 1. The predicted octanol–water partition coefficient (Wildman–Crippen LogP) is 1.91. The van der Waals surface area contributed by atoms with Gasteiger partial charge >= 0.3 is 0 Å². The van der Waals surface area contributed by atoms with Gasteiger partial charge < -0.3 is 0 Å². The fourth-order valence-corrected chi connectivity index (χ4v) is 3.10. The van der Waals surface area contributed by atoms with Gasteiger partial charge in [-0.05, 0) is 24.0 Å². The molecule has 0 fully saturated rings. The molecule has 0 saturated carbocycles. The molecule has 10 heteroatoms. The van der Waals surface area contributed by atoms with Crippen LogP contribution in [0.1, 0.15) is 27.6 Å². The first kappa shape index (κ1) is 16.7. The summed E-state index contributed by atoms with van der Waals surface area (Å²) < 4.78 is 0.691. The van der Waals surface area contributed by atoms with E-state index >= 15 is 0 Å². The van der Waals surface area contributed by atoms with Crippen LogP contribution >= 0.6 is 27.7 Å². The van der Waals surface area contributed by atoms with Gasteiger partial charge in [0.1, 0.15) is 6.54 Å². The summed E-state index contributed by atoms with van der Waals surface area (Å²) >= 11 is 4.68. The standard InChI is InChI=1S/C14H12BrN5O3S/c1-2-24-14-17-13(18-19-14)16-10(21)6-20-11(22)8-4-3-7(15)5-9(8)12(20)23/h3-5H,2,6H2,1H3,(H2,16,17,18,19,21). The Hall–Kier alpha value is -2.20. The molecule has 1 aromatic heterocycles. The fraction of sp³-hybridized carbons (Fsp3) is 0.214. The van der Waals surface area contributed by atoms with Gasteiger partial charge in [-0.3, -0.25) is 24.6 Å². The van der Waals surface area contributed by atoms with Crippen molar-refractivity contribution < 1.29 is 14.4 Å². The number of H-pyrrole nitrogens is 1. The third-order valence-corrected chi connectivity index (χ3v) is 4.45. The number of benzene rings is 1. The molecule has 2 heterocycles. The number of hydrogen-bond donors (Lipinski definition) is 2. The predicted molar refractivity (Wildman–Crippen MR) is 90.9 cm³/mol. The van der Waals surface area contributed by atoms with Crippen molar-refractivity contribution in [1.29, 1.82) is 0 Å². The Bertz CT molecular complexity index is 838. The number of imide groups is 1. The van der Waals surface area contributed by atoms with E-state index in [1.165, 1.54) is 11.8 Å². The van der Waals surface area contributed by atoms with Gasteiger partial charge in [-0.15, -0.1) is 5.10 Å². The topological polar surface area (TPSA) is 108 Å². The average molecular weight is 410 g/mol. The smallest absolute Gasteiger partial charge is 0.262 e. The number of hydrogen-bond acceptors (Lipinski definition) is 6. The Morgan fingerprint density at radius 3 is 2.83 bits per heavy atom. The van der Waals surface area contributed by atoms with E-state index in [2.05, 4.69) is 36.4 Å². The van der Waals surface area contributed by atoms with E-state index in [0.717, 1.165) is 10.7 Å². The molecule has 0 saturated heterocycles. The lowest BCUT2D eigenvalue weighted by Gasteiger charge is -2.12. The van der Waals surface area contributed by atoms with Gasteiger partial charge in [0.05, 0.1) is 11.1 Å². The maximum atomic E-state index is 12.3. The molecule has 124 valence electrons. The van der Waals surface area contributed by atoms with Gasteiger partial charge in [0.25, 0.3) is 11.8 Å². The monoisotopic (exact) mass is 409 g/mol. The third-order valence-electron chi connectivity index (χ3n) is 3.23.